The number of aryl methyl sites for hydroxylation is 6. The molecule has 4 aliphatic rings. The molecule has 0 radical (unpaired) electrons. The first-order chi connectivity index (χ1) is 32.2. The van der Waals surface area contributed by atoms with Crippen LogP contribution in [0.4, 0.5) is 34.1 Å². The van der Waals surface area contributed by atoms with Crippen molar-refractivity contribution in [3.63, 3.8) is 0 Å². The fourth-order valence-corrected chi connectivity index (χ4v) is 11.3. The molecule has 0 saturated carbocycles. The minimum atomic E-state index is -0.0829. The number of rotatable bonds is 4. The standard InChI is InChI=1S/C60H46B2N2O2/c1-35-15-21-43(22-16-35)63-51-25-19-37(3)27-47(51)61-49-33-50-56(34-55(49)65-57-31-41(29-53(63)59(57)61)45-13-9-7-11-39(45)5)66-58-32-42(46-14-10-8-12-40(46)6)30-54-60(58)62(50)48-28-38(4)20-26-52(48)64(54)44-23-17-36(2)18-24-44/h7-34H,1-6H3. The Bertz CT molecular complexity index is 3290. The van der Waals surface area contributed by atoms with E-state index in [4.69, 9.17) is 9.47 Å². The van der Waals surface area contributed by atoms with Crippen molar-refractivity contribution in [1.82, 2.24) is 0 Å². The van der Waals surface area contributed by atoms with Gasteiger partial charge in [0.25, 0.3) is 13.4 Å². The number of ether oxygens (including phenoxy) is 2. The summed E-state index contributed by atoms with van der Waals surface area (Å²) in [6.07, 6.45) is 0. The molecule has 4 heterocycles. The van der Waals surface area contributed by atoms with Crippen LogP contribution in [0.3, 0.4) is 0 Å². The third-order valence-electron chi connectivity index (χ3n) is 14.5. The van der Waals surface area contributed by atoms with Gasteiger partial charge in [-0.3, -0.25) is 0 Å². The van der Waals surface area contributed by atoms with Crippen molar-refractivity contribution in [2.75, 3.05) is 9.80 Å². The van der Waals surface area contributed by atoms with E-state index >= 15 is 0 Å². The number of anilines is 6. The van der Waals surface area contributed by atoms with Gasteiger partial charge < -0.3 is 19.3 Å². The Morgan fingerprint density at radius 2 is 0.742 bits per heavy atom. The maximum atomic E-state index is 7.30. The van der Waals surface area contributed by atoms with Crippen LogP contribution in [0.5, 0.6) is 23.0 Å². The molecule has 0 spiro atoms. The van der Waals surface area contributed by atoms with Crippen LogP contribution in [-0.4, -0.2) is 13.4 Å². The summed E-state index contributed by atoms with van der Waals surface area (Å²) in [6.45, 7) is 12.9. The molecule has 0 aliphatic carbocycles. The summed E-state index contributed by atoms with van der Waals surface area (Å²) in [4.78, 5) is 4.91. The molecule has 9 aromatic carbocycles. The van der Waals surface area contributed by atoms with Crippen molar-refractivity contribution in [2.24, 2.45) is 0 Å². The minimum Gasteiger partial charge on any atom is -0.458 e. The maximum Gasteiger partial charge on any atom is 0.256 e. The van der Waals surface area contributed by atoms with Crippen molar-refractivity contribution in [2.45, 2.75) is 41.5 Å². The van der Waals surface area contributed by atoms with E-state index in [0.717, 1.165) is 67.8 Å². The van der Waals surface area contributed by atoms with Crippen molar-refractivity contribution >= 4 is 80.3 Å². The van der Waals surface area contributed by atoms with Gasteiger partial charge >= 0.3 is 0 Å². The third kappa shape index (κ3) is 5.80. The molecule has 0 N–H and O–H groups in total. The number of nitrogens with zero attached hydrogens (tertiary/aromatic N) is 2. The first-order valence-corrected chi connectivity index (χ1v) is 23.1. The molecule has 4 nitrogen and oxygen atoms in total. The van der Waals surface area contributed by atoms with Crippen LogP contribution in [0.2, 0.25) is 0 Å². The molecule has 0 saturated heterocycles. The fourth-order valence-electron chi connectivity index (χ4n) is 11.3. The van der Waals surface area contributed by atoms with Crippen molar-refractivity contribution in [3.05, 3.63) is 203 Å². The highest BCUT2D eigenvalue weighted by Crippen LogP contribution is 2.47. The Morgan fingerprint density at radius 3 is 1.17 bits per heavy atom. The zero-order valence-corrected chi connectivity index (χ0v) is 38.0. The molecule has 4 aliphatic heterocycles. The van der Waals surface area contributed by atoms with E-state index < -0.39 is 0 Å². The largest absolute Gasteiger partial charge is 0.458 e. The molecule has 0 amide bonds. The first kappa shape index (κ1) is 38.7. The molecule has 0 bridgehead atoms. The lowest BCUT2D eigenvalue weighted by atomic mass is 9.31. The fraction of sp³-hybridized carbons (Fsp3) is 0.100. The average Bonchev–Trinajstić information content (AvgIpc) is 3.32. The second-order valence-corrected chi connectivity index (χ2v) is 18.9. The van der Waals surface area contributed by atoms with E-state index in [1.54, 1.807) is 0 Å². The molecule has 6 heteroatoms. The van der Waals surface area contributed by atoms with Gasteiger partial charge in [0.05, 0.1) is 0 Å². The summed E-state index contributed by atoms with van der Waals surface area (Å²) >= 11 is 0. The molecule has 0 fully saturated rings. The van der Waals surface area contributed by atoms with Gasteiger partial charge in [0.2, 0.25) is 0 Å². The lowest BCUT2D eigenvalue weighted by Crippen LogP contribution is -2.63. The Balaban J connectivity index is 1.07. The summed E-state index contributed by atoms with van der Waals surface area (Å²) in [5, 5.41) is 0. The van der Waals surface area contributed by atoms with Crippen LogP contribution in [0.15, 0.2) is 170 Å². The highest BCUT2D eigenvalue weighted by atomic mass is 16.5. The number of hydrogen-bond donors (Lipinski definition) is 0. The molecular formula is C60H46B2N2O2. The topological polar surface area (TPSA) is 24.9 Å². The molecule has 314 valence electrons. The van der Waals surface area contributed by atoms with E-state index in [0.29, 0.717) is 0 Å². The molecule has 9 aromatic rings. The Morgan fingerprint density at radius 1 is 0.333 bits per heavy atom. The first-order valence-electron chi connectivity index (χ1n) is 23.1. The molecule has 0 aromatic heterocycles. The van der Waals surface area contributed by atoms with Gasteiger partial charge in [-0.2, -0.15) is 0 Å². The molecule has 0 unspecified atom stereocenters. The van der Waals surface area contributed by atoms with E-state index in [2.05, 4.69) is 221 Å². The van der Waals surface area contributed by atoms with Gasteiger partial charge in [-0.05, 0) is 168 Å². The third-order valence-corrected chi connectivity index (χ3v) is 14.5. The zero-order valence-electron chi connectivity index (χ0n) is 38.0. The quantitative estimate of drug-likeness (QED) is 0.165. The van der Waals surface area contributed by atoms with Gasteiger partial charge in [0.1, 0.15) is 23.0 Å². The highest BCUT2D eigenvalue weighted by Gasteiger charge is 2.47. The summed E-state index contributed by atoms with van der Waals surface area (Å²) in [6, 6.07) is 63.0. The lowest BCUT2D eigenvalue weighted by molar-refractivity contribution is 0.466. The highest BCUT2D eigenvalue weighted by molar-refractivity contribution is 7.02. The number of benzene rings is 9. The summed E-state index contributed by atoms with van der Waals surface area (Å²) in [5.41, 5.74) is 26.1. The van der Waals surface area contributed by atoms with Crippen LogP contribution < -0.4 is 52.1 Å². The van der Waals surface area contributed by atoms with Crippen LogP contribution in [0.25, 0.3) is 22.3 Å². The van der Waals surface area contributed by atoms with Crippen LogP contribution in [0, 0.1) is 41.5 Å². The van der Waals surface area contributed by atoms with Gasteiger partial charge in [0, 0.05) is 40.2 Å². The van der Waals surface area contributed by atoms with Crippen molar-refractivity contribution in [1.29, 1.82) is 0 Å². The van der Waals surface area contributed by atoms with Crippen LogP contribution >= 0.6 is 0 Å². The van der Waals surface area contributed by atoms with Gasteiger partial charge in [-0.1, -0.05) is 125 Å². The summed E-state index contributed by atoms with van der Waals surface area (Å²) < 4.78 is 14.6. The SMILES string of the molecule is Cc1ccc(N2c3ccc(C)cc3B3c4cc5c(cc4Oc4cc(-c6ccccc6C)cc2c43)Oc2cc(-c3ccccc3C)cc3c2B5c2cc(C)ccc2N3c2ccc(C)cc2)cc1. The van der Waals surface area contributed by atoms with Crippen LogP contribution in [0.1, 0.15) is 33.4 Å². The van der Waals surface area contributed by atoms with Gasteiger partial charge in [-0.25, -0.2) is 0 Å². The van der Waals surface area contributed by atoms with Crippen molar-refractivity contribution in [3.8, 4) is 45.3 Å². The maximum absolute atomic E-state index is 7.30. The van der Waals surface area contributed by atoms with Gasteiger partial charge in [-0.15, -0.1) is 0 Å². The van der Waals surface area contributed by atoms with E-state index in [-0.39, 0.29) is 13.4 Å². The van der Waals surface area contributed by atoms with E-state index in [9.17, 15) is 0 Å². The predicted molar refractivity (Wildman–Crippen MR) is 277 cm³/mol. The Kier molecular flexibility index (Phi) is 8.46. The molecular weight excluding hydrogens is 802 g/mol. The average molecular weight is 849 g/mol. The summed E-state index contributed by atoms with van der Waals surface area (Å²) in [7, 11) is 0. The zero-order chi connectivity index (χ0) is 44.5. The van der Waals surface area contributed by atoms with Gasteiger partial charge in [0.15, 0.2) is 0 Å². The monoisotopic (exact) mass is 848 g/mol. The number of hydrogen-bond acceptors (Lipinski definition) is 4. The number of fused-ring (bicyclic) bond motifs is 8. The minimum absolute atomic E-state index is 0.0829. The van der Waals surface area contributed by atoms with E-state index in [1.165, 1.54) is 77.7 Å². The smallest absolute Gasteiger partial charge is 0.256 e. The summed E-state index contributed by atoms with van der Waals surface area (Å²) in [5.74, 6) is 3.41. The Labute approximate surface area is 387 Å². The molecule has 0 atom stereocenters. The second-order valence-electron chi connectivity index (χ2n) is 18.9. The molecule has 66 heavy (non-hydrogen) atoms. The second kappa shape index (κ2) is 14.4. The molecule has 13 rings (SSSR count). The Hall–Kier alpha value is -7.69. The normalized spacial score (nSPS) is 13.4. The van der Waals surface area contributed by atoms with E-state index in [1.807, 2.05) is 0 Å². The van der Waals surface area contributed by atoms with Crippen molar-refractivity contribution < 1.29 is 9.47 Å². The lowest BCUT2D eigenvalue weighted by Gasteiger charge is -2.42. The van der Waals surface area contributed by atoms with Crippen LogP contribution in [-0.2, 0) is 0 Å². The predicted octanol–water partition coefficient (Wildman–Crippen LogP) is 11.7.